The van der Waals surface area contributed by atoms with Crippen LogP contribution in [0.5, 0.6) is 0 Å². The Morgan fingerprint density at radius 3 is 2.71 bits per heavy atom. The minimum Gasteiger partial charge on any atom is -0.464 e. The van der Waals surface area contributed by atoms with E-state index in [-0.39, 0.29) is 5.91 Å². The van der Waals surface area contributed by atoms with Gasteiger partial charge in [0.2, 0.25) is 5.91 Å². The van der Waals surface area contributed by atoms with Crippen LogP contribution in [0.1, 0.15) is 5.56 Å². The molecule has 4 rings (SSSR count). The van der Waals surface area contributed by atoms with Crippen molar-refractivity contribution in [3.8, 4) is 0 Å². The molecule has 1 radical (unpaired) electrons. The van der Waals surface area contributed by atoms with Crippen molar-refractivity contribution >= 4 is 49.3 Å². The number of furan rings is 1. The number of carbonyl (C=O) groups is 1. The number of anilines is 1. The van der Waals surface area contributed by atoms with E-state index in [2.05, 4.69) is 21.2 Å². The minimum atomic E-state index is -0.187. The van der Waals surface area contributed by atoms with E-state index in [4.69, 9.17) is 4.42 Å². The number of fused-ring (bicyclic) bond motifs is 2. The molecule has 0 atom stereocenters. The number of hydrogen-bond donors (Lipinski definition) is 1. The highest BCUT2D eigenvalue weighted by Crippen LogP contribution is 2.26. The van der Waals surface area contributed by atoms with Gasteiger partial charge in [-0.15, -0.1) is 0 Å². The van der Waals surface area contributed by atoms with E-state index in [1.807, 2.05) is 60.7 Å². The van der Waals surface area contributed by atoms with Crippen LogP contribution in [-0.2, 0) is 4.79 Å². The number of halogens is 1. The van der Waals surface area contributed by atoms with Gasteiger partial charge in [0.25, 0.3) is 0 Å². The molecule has 24 heavy (non-hydrogen) atoms. The molecule has 0 saturated carbocycles. The van der Waals surface area contributed by atoms with Crippen LogP contribution >= 0.6 is 15.9 Å². The van der Waals surface area contributed by atoms with Crippen LogP contribution in [0.25, 0.3) is 21.7 Å². The average molecular weight is 379 g/mol. The lowest BCUT2D eigenvalue weighted by molar-refractivity contribution is -0.112. The predicted molar refractivity (Wildman–Crippen MR) is 99.9 cm³/mol. The van der Waals surface area contributed by atoms with Crippen molar-refractivity contribution in [2.24, 2.45) is 0 Å². The topological polar surface area (TPSA) is 42.2 Å². The lowest BCUT2D eigenvalue weighted by Gasteiger charge is -2.06. The third kappa shape index (κ3) is 2.93. The fourth-order valence-electron chi connectivity index (χ4n) is 2.72. The van der Waals surface area contributed by atoms with Gasteiger partial charge in [-0.25, -0.2) is 0 Å². The fraction of sp³-hybridized carbons (Fsp3) is 0. The van der Waals surface area contributed by atoms with Crippen molar-refractivity contribution in [1.82, 2.24) is 0 Å². The second kappa shape index (κ2) is 6.13. The summed E-state index contributed by atoms with van der Waals surface area (Å²) in [6.07, 6.45) is 3.14. The van der Waals surface area contributed by atoms with Crippen LogP contribution in [0.15, 0.2) is 75.8 Å². The van der Waals surface area contributed by atoms with Gasteiger partial charge >= 0.3 is 0 Å². The molecule has 117 valence electrons. The number of rotatable bonds is 3. The quantitative estimate of drug-likeness (QED) is 0.508. The summed E-state index contributed by atoms with van der Waals surface area (Å²) < 4.78 is 6.43. The molecule has 0 saturated heterocycles. The maximum absolute atomic E-state index is 12.3. The summed E-state index contributed by atoms with van der Waals surface area (Å²) >= 11 is 3.44. The Bertz CT molecular complexity index is 1050. The number of carbonyl (C=O) groups excluding carboxylic acids is 1. The van der Waals surface area contributed by atoms with Crippen LogP contribution in [0.3, 0.4) is 0 Å². The zero-order chi connectivity index (χ0) is 16.5. The van der Waals surface area contributed by atoms with E-state index in [9.17, 15) is 4.79 Å². The summed E-state index contributed by atoms with van der Waals surface area (Å²) in [6, 6.07) is 19.6. The fourth-order valence-corrected chi connectivity index (χ4v) is 3.08. The molecule has 0 fully saturated rings. The highest BCUT2D eigenvalue weighted by molar-refractivity contribution is 9.10. The van der Waals surface area contributed by atoms with Gasteiger partial charge in [-0.05, 0) is 41.1 Å². The van der Waals surface area contributed by atoms with Crippen molar-refractivity contribution in [3.05, 3.63) is 83.4 Å². The molecular weight excluding hydrogens is 366 g/mol. The van der Waals surface area contributed by atoms with Gasteiger partial charge in [0.1, 0.15) is 5.58 Å². The zero-order valence-electron chi connectivity index (χ0n) is 12.6. The van der Waals surface area contributed by atoms with Crippen LogP contribution in [0.2, 0.25) is 0 Å². The van der Waals surface area contributed by atoms with Gasteiger partial charge < -0.3 is 9.73 Å². The SMILES string of the molecule is O=C([CH]c1coc2ccc(Br)cc12)Nc1ccc2ccccc2c1. The van der Waals surface area contributed by atoms with Crippen molar-refractivity contribution < 1.29 is 9.21 Å². The van der Waals surface area contributed by atoms with E-state index in [1.165, 1.54) is 0 Å². The molecule has 0 unspecified atom stereocenters. The number of amides is 1. The normalized spacial score (nSPS) is 11.0. The molecule has 3 nitrogen and oxygen atoms in total. The Hall–Kier alpha value is -2.59. The lowest BCUT2D eigenvalue weighted by Crippen LogP contribution is -2.12. The van der Waals surface area contributed by atoms with E-state index >= 15 is 0 Å². The highest BCUT2D eigenvalue weighted by atomic mass is 79.9. The second-order valence-corrected chi connectivity index (χ2v) is 6.44. The molecule has 1 heterocycles. The largest absolute Gasteiger partial charge is 0.464 e. The van der Waals surface area contributed by atoms with E-state index in [1.54, 1.807) is 12.7 Å². The molecule has 0 aliphatic heterocycles. The van der Waals surface area contributed by atoms with Crippen molar-refractivity contribution in [2.45, 2.75) is 0 Å². The number of hydrogen-bond acceptors (Lipinski definition) is 2. The maximum Gasteiger partial charge on any atom is 0.233 e. The summed E-state index contributed by atoms with van der Waals surface area (Å²) in [6.45, 7) is 0. The molecule has 0 aliphatic carbocycles. The molecule has 4 aromatic rings. The Labute approximate surface area is 147 Å². The lowest BCUT2D eigenvalue weighted by atomic mass is 10.1. The molecule has 0 spiro atoms. The van der Waals surface area contributed by atoms with Crippen LogP contribution < -0.4 is 5.32 Å². The van der Waals surface area contributed by atoms with Crippen molar-refractivity contribution in [2.75, 3.05) is 5.32 Å². The van der Waals surface area contributed by atoms with E-state index < -0.39 is 0 Å². The Balaban J connectivity index is 1.55. The molecule has 1 aromatic heterocycles. The first-order chi connectivity index (χ1) is 11.7. The monoisotopic (exact) mass is 378 g/mol. The minimum absolute atomic E-state index is 0.187. The summed E-state index contributed by atoms with van der Waals surface area (Å²) in [4.78, 5) is 12.3. The Morgan fingerprint density at radius 2 is 1.83 bits per heavy atom. The third-order valence-electron chi connectivity index (χ3n) is 3.87. The molecule has 0 bridgehead atoms. The smallest absolute Gasteiger partial charge is 0.233 e. The Kier molecular flexibility index (Phi) is 3.82. The van der Waals surface area contributed by atoms with Crippen LogP contribution in [0.4, 0.5) is 5.69 Å². The van der Waals surface area contributed by atoms with Crippen molar-refractivity contribution in [3.63, 3.8) is 0 Å². The van der Waals surface area contributed by atoms with Gasteiger partial charge in [0.15, 0.2) is 0 Å². The zero-order valence-corrected chi connectivity index (χ0v) is 14.2. The number of nitrogens with one attached hydrogen (secondary N) is 1. The second-order valence-electron chi connectivity index (χ2n) is 5.53. The summed E-state index contributed by atoms with van der Waals surface area (Å²) in [5.74, 6) is -0.187. The summed E-state index contributed by atoms with van der Waals surface area (Å²) in [5.41, 5.74) is 2.27. The molecule has 3 aromatic carbocycles. The third-order valence-corrected chi connectivity index (χ3v) is 4.36. The first-order valence-electron chi connectivity index (χ1n) is 7.50. The first-order valence-corrected chi connectivity index (χ1v) is 8.30. The summed E-state index contributed by atoms with van der Waals surface area (Å²) in [5, 5.41) is 6.04. The molecule has 1 N–H and O–H groups in total. The molecule has 0 aliphatic rings. The van der Waals surface area contributed by atoms with Gasteiger partial charge in [-0.2, -0.15) is 0 Å². The maximum atomic E-state index is 12.3. The first kappa shape index (κ1) is 15.0. The van der Waals surface area contributed by atoms with Gasteiger partial charge in [0.05, 0.1) is 12.7 Å². The molecule has 4 heteroatoms. The van der Waals surface area contributed by atoms with Crippen LogP contribution in [0, 0.1) is 6.42 Å². The van der Waals surface area contributed by atoms with Gasteiger partial charge in [0, 0.05) is 21.1 Å². The highest BCUT2D eigenvalue weighted by Gasteiger charge is 2.12. The Morgan fingerprint density at radius 1 is 1.00 bits per heavy atom. The van der Waals surface area contributed by atoms with Crippen molar-refractivity contribution in [1.29, 1.82) is 0 Å². The van der Waals surface area contributed by atoms with Crippen LogP contribution in [-0.4, -0.2) is 5.91 Å². The summed E-state index contributed by atoms with van der Waals surface area (Å²) in [7, 11) is 0. The van der Waals surface area contributed by atoms with Gasteiger partial charge in [-0.1, -0.05) is 46.3 Å². The van der Waals surface area contributed by atoms with E-state index in [0.29, 0.717) is 0 Å². The predicted octanol–water partition coefficient (Wildman–Crippen LogP) is 5.54. The average Bonchev–Trinajstić information content (AvgIpc) is 2.97. The number of benzene rings is 3. The molecular formula is C20H13BrNO2. The standard InChI is InChI=1S/C20H13BrNO2/c21-16-6-8-19-18(11-16)15(12-24-19)10-20(23)22-17-7-5-13-3-1-2-4-14(13)9-17/h1-12H,(H,22,23). The molecule has 1 amide bonds. The van der Waals surface area contributed by atoms with Gasteiger partial charge in [-0.3, -0.25) is 4.79 Å². The van der Waals surface area contributed by atoms with E-state index in [0.717, 1.165) is 37.5 Å².